The fourth-order valence-corrected chi connectivity index (χ4v) is 2.49. The van der Waals surface area contributed by atoms with Crippen molar-refractivity contribution in [3.63, 3.8) is 0 Å². The summed E-state index contributed by atoms with van der Waals surface area (Å²) in [5.74, 6) is -0.533. The van der Waals surface area contributed by atoms with E-state index >= 15 is 0 Å². The maximum Gasteiger partial charge on any atom is 0.340 e. The molecule has 1 aromatic heterocycles. The summed E-state index contributed by atoms with van der Waals surface area (Å²) in [6, 6.07) is 12.7. The third-order valence-corrected chi connectivity index (χ3v) is 3.93. The molecular weight excluding hydrogens is 332 g/mol. The lowest BCUT2D eigenvalue weighted by molar-refractivity contribution is -0.129. The quantitative estimate of drug-likeness (QED) is 0.735. The molecule has 26 heavy (non-hydrogen) atoms. The minimum atomic E-state index is -0.910. The molecule has 0 aliphatic heterocycles. The third kappa shape index (κ3) is 5.31. The molecule has 0 saturated carbocycles. The minimum Gasteiger partial charge on any atom is -0.481 e. The fraction of sp³-hybridized carbons (Fsp3) is 0.350. The van der Waals surface area contributed by atoms with Crippen LogP contribution in [0.2, 0.25) is 0 Å². The monoisotopic (exact) mass is 356 g/mol. The maximum absolute atomic E-state index is 12.4. The number of rotatable bonds is 8. The lowest BCUT2D eigenvalue weighted by Gasteiger charge is -2.21. The van der Waals surface area contributed by atoms with Crippen molar-refractivity contribution < 1.29 is 19.1 Å². The number of pyridine rings is 1. The first-order valence-corrected chi connectivity index (χ1v) is 8.61. The van der Waals surface area contributed by atoms with Crippen LogP contribution in [0.1, 0.15) is 48.7 Å². The van der Waals surface area contributed by atoms with E-state index in [9.17, 15) is 9.59 Å². The van der Waals surface area contributed by atoms with Crippen LogP contribution in [0.25, 0.3) is 0 Å². The number of ether oxygens (including phenoxy) is 2. The average Bonchev–Trinajstić information content (AvgIpc) is 2.68. The number of methoxy groups -OCH3 is 1. The van der Waals surface area contributed by atoms with E-state index in [-0.39, 0.29) is 17.5 Å². The van der Waals surface area contributed by atoms with Gasteiger partial charge in [0.25, 0.3) is 5.91 Å². The number of esters is 1. The van der Waals surface area contributed by atoms with Crippen LogP contribution in [0.4, 0.5) is 0 Å². The van der Waals surface area contributed by atoms with Gasteiger partial charge in [0.1, 0.15) is 0 Å². The Labute approximate surface area is 153 Å². The number of benzene rings is 1. The SMILES string of the molecule is CCC[C@@H](NC(=O)[C@H](C)OC(=O)c1ccc(OC)nc1)c1ccccc1. The predicted octanol–water partition coefficient (Wildman–Crippen LogP) is 3.29. The van der Waals surface area contributed by atoms with E-state index in [2.05, 4.69) is 17.2 Å². The molecule has 0 aliphatic carbocycles. The second-order valence-electron chi connectivity index (χ2n) is 5.90. The molecular formula is C20H24N2O4. The summed E-state index contributed by atoms with van der Waals surface area (Å²) in [5.41, 5.74) is 1.29. The van der Waals surface area contributed by atoms with Crippen LogP contribution >= 0.6 is 0 Å². The minimum absolute atomic E-state index is 0.113. The summed E-state index contributed by atoms with van der Waals surface area (Å²) in [4.78, 5) is 28.6. The Morgan fingerprint density at radius 3 is 2.46 bits per heavy atom. The van der Waals surface area contributed by atoms with Crippen molar-refractivity contribution in [2.45, 2.75) is 38.8 Å². The first-order valence-electron chi connectivity index (χ1n) is 8.61. The van der Waals surface area contributed by atoms with Gasteiger partial charge in [-0.2, -0.15) is 0 Å². The van der Waals surface area contributed by atoms with Crippen LogP contribution in [0.15, 0.2) is 48.7 Å². The van der Waals surface area contributed by atoms with Gasteiger partial charge in [0.2, 0.25) is 5.88 Å². The summed E-state index contributed by atoms with van der Waals surface area (Å²) >= 11 is 0. The Morgan fingerprint density at radius 1 is 1.15 bits per heavy atom. The molecule has 2 aromatic rings. The Hall–Kier alpha value is -2.89. The summed E-state index contributed by atoms with van der Waals surface area (Å²) in [6.07, 6.45) is 2.17. The molecule has 0 saturated heterocycles. The van der Waals surface area contributed by atoms with Crippen molar-refractivity contribution in [3.05, 3.63) is 59.8 Å². The van der Waals surface area contributed by atoms with Gasteiger partial charge in [-0.15, -0.1) is 0 Å². The van der Waals surface area contributed by atoms with E-state index < -0.39 is 12.1 Å². The predicted molar refractivity (Wildman–Crippen MR) is 97.9 cm³/mol. The molecule has 1 heterocycles. The van der Waals surface area contributed by atoms with Gasteiger partial charge in [0, 0.05) is 12.3 Å². The van der Waals surface area contributed by atoms with E-state index in [1.165, 1.54) is 13.3 Å². The van der Waals surface area contributed by atoms with Gasteiger partial charge >= 0.3 is 5.97 Å². The van der Waals surface area contributed by atoms with Gasteiger partial charge < -0.3 is 14.8 Å². The van der Waals surface area contributed by atoms with Crippen molar-refractivity contribution in [2.24, 2.45) is 0 Å². The molecule has 1 aromatic carbocycles. The average molecular weight is 356 g/mol. The zero-order valence-corrected chi connectivity index (χ0v) is 15.3. The second kappa shape index (κ2) is 9.56. The Morgan fingerprint density at radius 2 is 1.88 bits per heavy atom. The molecule has 0 fully saturated rings. The van der Waals surface area contributed by atoms with E-state index in [0.717, 1.165) is 18.4 Å². The molecule has 6 heteroatoms. The summed E-state index contributed by atoms with van der Waals surface area (Å²) < 4.78 is 10.2. The molecule has 0 spiro atoms. The van der Waals surface area contributed by atoms with Crippen LogP contribution in [0.3, 0.4) is 0 Å². The first-order chi connectivity index (χ1) is 12.5. The number of hydrogen-bond donors (Lipinski definition) is 1. The third-order valence-electron chi connectivity index (χ3n) is 3.93. The molecule has 1 amide bonds. The lowest BCUT2D eigenvalue weighted by atomic mass is 10.0. The highest BCUT2D eigenvalue weighted by atomic mass is 16.5. The van der Waals surface area contributed by atoms with E-state index in [4.69, 9.17) is 9.47 Å². The molecule has 1 N–H and O–H groups in total. The van der Waals surface area contributed by atoms with Gasteiger partial charge in [0.15, 0.2) is 6.10 Å². The molecule has 0 unspecified atom stereocenters. The number of carbonyl (C=O) groups excluding carboxylic acids is 2. The molecule has 0 radical (unpaired) electrons. The summed E-state index contributed by atoms with van der Waals surface area (Å²) in [7, 11) is 1.49. The van der Waals surface area contributed by atoms with Crippen LogP contribution < -0.4 is 10.1 Å². The highest BCUT2D eigenvalue weighted by Crippen LogP contribution is 2.18. The normalized spacial score (nSPS) is 12.7. The Bertz CT molecular complexity index is 716. The lowest BCUT2D eigenvalue weighted by Crippen LogP contribution is -2.38. The van der Waals surface area contributed by atoms with E-state index in [1.54, 1.807) is 19.1 Å². The smallest absolute Gasteiger partial charge is 0.340 e. The Kier molecular flexibility index (Phi) is 7.14. The fourth-order valence-electron chi connectivity index (χ4n) is 2.49. The largest absolute Gasteiger partial charge is 0.481 e. The molecule has 138 valence electrons. The van der Waals surface area contributed by atoms with Crippen LogP contribution in [0.5, 0.6) is 5.88 Å². The number of hydrogen-bond acceptors (Lipinski definition) is 5. The van der Waals surface area contributed by atoms with Crippen LogP contribution in [-0.2, 0) is 9.53 Å². The molecule has 6 nitrogen and oxygen atoms in total. The zero-order chi connectivity index (χ0) is 18.9. The first kappa shape index (κ1) is 19.4. The van der Waals surface area contributed by atoms with Crippen LogP contribution in [-0.4, -0.2) is 30.1 Å². The van der Waals surface area contributed by atoms with Gasteiger partial charge in [-0.3, -0.25) is 4.79 Å². The zero-order valence-electron chi connectivity index (χ0n) is 15.3. The van der Waals surface area contributed by atoms with Gasteiger partial charge in [0.05, 0.1) is 18.7 Å². The van der Waals surface area contributed by atoms with Crippen molar-refractivity contribution in [1.82, 2.24) is 10.3 Å². The van der Waals surface area contributed by atoms with Gasteiger partial charge in [-0.1, -0.05) is 43.7 Å². The van der Waals surface area contributed by atoms with E-state index in [0.29, 0.717) is 5.88 Å². The van der Waals surface area contributed by atoms with Gasteiger partial charge in [-0.25, -0.2) is 9.78 Å². The molecule has 0 bridgehead atoms. The second-order valence-corrected chi connectivity index (χ2v) is 5.90. The number of carbonyl (C=O) groups is 2. The van der Waals surface area contributed by atoms with Crippen molar-refractivity contribution in [1.29, 1.82) is 0 Å². The topological polar surface area (TPSA) is 77.5 Å². The number of nitrogens with zero attached hydrogens (tertiary/aromatic N) is 1. The number of amides is 1. The van der Waals surface area contributed by atoms with Gasteiger partial charge in [-0.05, 0) is 25.0 Å². The van der Waals surface area contributed by atoms with Crippen molar-refractivity contribution in [2.75, 3.05) is 7.11 Å². The molecule has 2 atom stereocenters. The Balaban J connectivity index is 1.97. The molecule has 2 rings (SSSR count). The summed E-state index contributed by atoms with van der Waals surface area (Å²) in [5, 5.41) is 2.96. The maximum atomic E-state index is 12.4. The number of aromatic nitrogens is 1. The highest BCUT2D eigenvalue weighted by Gasteiger charge is 2.22. The number of nitrogens with one attached hydrogen (secondary N) is 1. The van der Waals surface area contributed by atoms with Crippen molar-refractivity contribution >= 4 is 11.9 Å². The summed E-state index contributed by atoms with van der Waals surface area (Å²) in [6.45, 7) is 3.61. The van der Waals surface area contributed by atoms with Crippen LogP contribution in [0, 0.1) is 0 Å². The highest BCUT2D eigenvalue weighted by molar-refractivity contribution is 5.92. The standard InChI is InChI=1S/C20H24N2O4/c1-4-8-17(15-9-6-5-7-10-15)22-19(23)14(2)26-20(24)16-11-12-18(25-3)21-13-16/h5-7,9-14,17H,4,8H2,1-3H3,(H,22,23)/t14-,17+/m0/s1. The van der Waals surface area contributed by atoms with Crippen molar-refractivity contribution in [3.8, 4) is 5.88 Å². The molecule has 0 aliphatic rings. The van der Waals surface area contributed by atoms with E-state index in [1.807, 2.05) is 30.3 Å².